The van der Waals surface area contributed by atoms with Gasteiger partial charge in [-0.25, -0.2) is 4.79 Å². The third-order valence-electron chi connectivity index (χ3n) is 5.19. The van der Waals surface area contributed by atoms with Gasteiger partial charge in [0.05, 0.1) is 27.9 Å². The lowest BCUT2D eigenvalue weighted by molar-refractivity contribution is -0.113. The Kier molecular flexibility index (Phi) is 9.73. The van der Waals surface area contributed by atoms with Crippen LogP contribution in [0.5, 0.6) is 0 Å². The van der Waals surface area contributed by atoms with Gasteiger partial charge in [-0.05, 0) is 42.3 Å². The predicted molar refractivity (Wildman–Crippen MR) is 144 cm³/mol. The molecule has 0 spiro atoms. The van der Waals surface area contributed by atoms with Crippen LogP contribution in [0, 0.1) is 5.92 Å². The number of hydrogen-bond acceptors (Lipinski definition) is 6. The van der Waals surface area contributed by atoms with E-state index >= 15 is 0 Å². The molecule has 2 aromatic carbocycles. The van der Waals surface area contributed by atoms with Crippen LogP contribution in [0.15, 0.2) is 60.3 Å². The number of thioether (sulfide) groups is 1. The number of carbonyl (C=O) groups is 3. The summed E-state index contributed by atoms with van der Waals surface area (Å²) in [5, 5.41) is 24.5. The van der Waals surface area contributed by atoms with E-state index in [1.807, 2.05) is 13.8 Å². The van der Waals surface area contributed by atoms with E-state index in [-0.39, 0.29) is 39.6 Å². The molecule has 2 amide bonds. The van der Waals surface area contributed by atoms with Crippen molar-refractivity contribution in [1.82, 2.24) is 20.1 Å². The fraction of sp³-hybridized carbons (Fsp3) is 0.240. The van der Waals surface area contributed by atoms with E-state index in [9.17, 15) is 14.4 Å². The van der Waals surface area contributed by atoms with Crippen molar-refractivity contribution in [2.45, 2.75) is 31.6 Å². The minimum Gasteiger partial charge on any atom is -0.478 e. The summed E-state index contributed by atoms with van der Waals surface area (Å²) >= 11 is 13.3. The molecule has 0 aliphatic heterocycles. The van der Waals surface area contributed by atoms with Gasteiger partial charge in [0.1, 0.15) is 0 Å². The standard InChI is InChI=1S/C25H25Cl2N5O4S/c1-4-10-32-22(21(14(2)3)29-23(34)18-9-8-16(26)12-19(18)27)30-31-25(32)37-13-20(33)28-17-7-5-6-15(11-17)24(35)36/h4-9,11-12,14,21H,1,10,13H2,2-3H3,(H,28,33)(H,29,34)(H,35,36)/t21-/m0/s1. The molecule has 0 aliphatic carbocycles. The first-order valence-electron chi connectivity index (χ1n) is 11.2. The van der Waals surface area contributed by atoms with Crippen LogP contribution in [0.25, 0.3) is 0 Å². The number of aromatic carboxylic acids is 1. The number of halogens is 2. The number of carboxylic acid groups (broad SMARTS) is 1. The Hall–Kier alpha value is -3.34. The third kappa shape index (κ3) is 7.34. The number of benzene rings is 2. The fourth-order valence-corrected chi connectivity index (χ4v) is 4.67. The van der Waals surface area contributed by atoms with E-state index in [4.69, 9.17) is 28.3 Å². The smallest absolute Gasteiger partial charge is 0.335 e. The first-order chi connectivity index (χ1) is 17.6. The molecule has 0 aliphatic rings. The molecule has 0 fully saturated rings. The average Bonchev–Trinajstić information content (AvgIpc) is 3.23. The summed E-state index contributed by atoms with van der Waals surface area (Å²) in [6.07, 6.45) is 1.67. The molecule has 0 unspecified atom stereocenters. The van der Waals surface area contributed by atoms with Crippen LogP contribution in [-0.2, 0) is 11.3 Å². The Bertz CT molecular complexity index is 1330. The Balaban J connectivity index is 1.76. The summed E-state index contributed by atoms with van der Waals surface area (Å²) < 4.78 is 1.78. The van der Waals surface area contributed by atoms with Crippen LogP contribution in [0.3, 0.4) is 0 Å². The van der Waals surface area contributed by atoms with Crippen LogP contribution in [0.4, 0.5) is 5.69 Å². The minimum atomic E-state index is -1.08. The molecule has 0 saturated heterocycles. The summed E-state index contributed by atoms with van der Waals surface area (Å²) in [4.78, 5) is 36.6. The molecular formula is C25H25Cl2N5O4S. The van der Waals surface area contributed by atoms with Gasteiger partial charge in [0.2, 0.25) is 5.91 Å². The summed E-state index contributed by atoms with van der Waals surface area (Å²) in [5.74, 6) is -1.35. The molecule has 1 aromatic heterocycles. The number of nitrogens with zero attached hydrogens (tertiary/aromatic N) is 3. The number of allylic oxidation sites excluding steroid dienone is 1. The number of carboxylic acids is 1. The highest BCUT2D eigenvalue weighted by molar-refractivity contribution is 7.99. The molecule has 3 N–H and O–H groups in total. The van der Waals surface area contributed by atoms with Crippen LogP contribution in [-0.4, -0.2) is 43.4 Å². The normalized spacial score (nSPS) is 11.7. The zero-order valence-corrected chi connectivity index (χ0v) is 22.4. The van der Waals surface area contributed by atoms with E-state index in [0.29, 0.717) is 28.2 Å². The molecule has 3 aromatic rings. The molecule has 194 valence electrons. The molecule has 12 heteroatoms. The van der Waals surface area contributed by atoms with Crippen molar-refractivity contribution in [3.05, 3.63) is 82.1 Å². The molecular weight excluding hydrogens is 537 g/mol. The second-order valence-corrected chi connectivity index (χ2v) is 10.1. The SMILES string of the molecule is C=CCn1c(SCC(=O)Nc2cccc(C(=O)O)c2)nnc1[C@@H](NC(=O)c1ccc(Cl)cc1Cl)C(C)C. The Labute approximate surface area is 228 Å². The van der Waals surface area contributed by atoms with E-state index in [0.717, 1.165) is 11.8 Å². The maximum Gasteiger partial charge on any atom is 0.335 e. The number of rotatable bonds is 11. The number of amides is 2. The van der Waals surface area contributed by atoms with Crippen molar-refractivity contribution in [2.75, 3.05) is 11.1 Å². The molecule has 37 heavy (non-hydrogen) atoms. The van der Waals surface area contributed by atoms with Gasteiger partial charge < -0.3 is 20.3 Å². The highest BCUT2D eigenvalue weighted by Gasteiger charge is 2.27. The number of anilines is 1. The third-order valence-corrected chi connectivity index (χ3v) is 6.70. The summed E-state index contributed by atoms with van der Waals surface area (Å²) in [7, 11) is 0. The Morgan fingerprint density at radius 1 is 1.16 bits per heavy atom. The van der Waals surface area contributed by atoms with Gasteiger partial charge in [0.15, 0.2) is 11.0 Å². The predicted octanol–water partition coefficient (Wildman–Crippen LogP) is 5.33. The second kappa shape index (κ2) is 12.8. The van der Waals surface area contributed by atoms with Crippen LogP contribution in [0.1, 0.15) is 46.4 Å². The molecule has 3 rings (SSSR count). The Morgan fingerprint density at radius 2 is 1.92 bits per heavy atom. The molecule has 0 saturated carbocycles. The number of aromatic nitrogens is 3. The highest BCUT2D eigenvalue weighted by atomic mass is 35.5. The van der Waals surface area contributed by atoms with Crippen molar-refractivity contribution in [3.8, 4) is 0 Å². The zero-order chi connectivity index (χ0) is 27.1. The largest absolute Gasteiger partial charge is 0.478 e. The lowest BCUT2D eigenvalue weighted by Gasteiger charge is -2.23. The molecule has 1 atom stereocenters. The molecule has 9 nitrogen and oxygen atoms in total. The molecule has 0 radical (unpaired) electrons. The van der Waals surface area contributed by atoms with Crippen LogP contribution >= 0.6 is 35.0 Å². The average molecular weight is 562 g/mol. The van der Waals surface area contributed by atoms with Gasteiger partial charge in [-0.3, -0.25) is 9.59 Å². The quantitative estimate of drug-likeness (QED) is 0.213. The van der Waals surface area contributed by atoms with E-state index in [2.05, 4.69) is 27.4 Å². The van der Waals surface area contributed by atoms with Crippen molar-refractivity contribution >= 4 is 58.4 Å². The van der Waals surface area contributed by atoms with Crippen LogP contribution < -0.4 is 10.6 Å². The van der Waals surface area contributed by atoms with Crippen molar-refractivity contribution in [2.24, 2.45) is 5.92 Å². The maximum atomic E-state index is 13.0. The number of hydrogen-bond donors (Lipinski definition) is 3. The van der Waals surface area contributed by atoms with Crippen molar-refractivity contribution in [1.29, 1.82) is 0 Å². The first-order valence-corrected chi connectivity index (χ1v) is 12.9. The van der Waals surface area contributed by atoms with E-state index in [1.54, 1.807) is 34.9 Å². The van der Waals surface area contributed by atoms with Gasteiger partial charge in [-0.15, -0.1) is 16.8 Å². The topological polar surface area (TPSA) is 126 Å². The maximum absolute atomic E-state index is 13.0. The van der Waals surface area contributed by atoms with E-state index in [1.165, 1.54) is 18.2 Å². The second-order valence-electron chi connectivity index (χ2n) is 8.28. The first kappa shape index (κ1) is 28.2. The highest BCUT2D eigenvalue weighted by Crippen LogP contribution is 2.27. The summed E-state index contributed by atoms with van der Waals surface area (Å²) in [5.41, 5.74) is 0.731. The van der Waals surface area contributed by atoms with Crippen LogP contribution in [0.2, 0.25) is 10.0 Å². The minimum absolute atomic E-state index is 0.00562. The monoisotopic (exact) mass is 561 g/mol. The van der Waals surface area contributed by atoms with Gasteiger partial charge >= 0.3 is 5.97 Å². The van der Waals surface area contributed by atoms with Gasteiger partial charge in [0, 0.05) is 17.3 Å². The summed E-state index contributed by atoms with van der Waals surface area (Å²) in [6, 6.07) is 10.1. The summed E-state index contributed by atoms with van der Waals surface area (Å²) in [6.45, 7) is 8.02. The van der Waals surface area contributed by atoms with Crippen molar-refractivity contribution in [3.63, 3.8) is 0 Å². The lowest BCUT2D eigenvalue weighted by Crippen LogP contribution is -2.34. The number of nitrogens with one attached hydrogen (secondary N) is 2. The Morgan fingerprint density at radius 3 is 2.57 bits per heavy atom. The number of carbonyl (C=O) groups excluding carboxylic acids is 2. The van der Waals surface area contributed by atoms with Gasteiger partial charge in [-0.1, -0.05) is 61.0 Å². The molecule has 1 heterocycles. The van der Waals surface area contributed by atoms with Crippen molar-refractivity contribution < 1.29 is 19.5 Å². The van der Waals surface area contributed by atoms with Gasteiger partial charge in [0.25, 0.3) is 5.91 Å². The van der Waals surface area contributed by atoms with Gasteiger partial charge in [-0.2, -0.15) is 0 Å². The molecule has 0 bridgehead atoms. The van der Waals surface area contributed by atoms with E-state index < -0.39 is 12.0 Å². The fourth-order valence-electron chi connectivity index (χ4n) is 3.42. The lowest BCUT2D eigenvalue weighted by atomic mass is 10.0. The zero-order valence-electron chi connectivity index (χ0n) is 20.1.